The van der Waals surface area contributed by atoms with Crippen molar-refractivity contribution in [3.63, 3.8) is 0 Å². The fourth-order valence-electron chi connectivity index (χ4n) is 3.64. The highest BCUT2D eigenvalue weighted by Gasteiger charge is 2.15. The van der Waals surface area contributed by atoms with Crippen LogP contribution in [0.5, 0.6) is 0 Å². The van der Waals surface area contributed by atoms with Gasteiger partial charge in [0.2, 0.25) is 0 Å². The van der Waals surface area contributed by atoms with E-state index in [0.717, 1.165) is 46.4 Å². The number of Topliss-reactive ketones (excluding diaryl/α,β-unsaturated/α-hetero) is 1. The minimum Gasteiger partial charge on any atom is -0.309 e. The summed E-state index contributed by atoms with van der Waals surface area (Å²) in [5, 5.41) is 8.49. The van der Waals surface area contributed by atoms with Crippen LogP contribution in [0.15, 0.2) is 55.1 Å². The molecule has 0 radical (unpaired) electrons. The lowest BCUT2D eigenvalue weighted by atomic mass is 10.0. The molecule has 0 saturated heterocycles. The molecule has 0 saturated carbocycles. The van der Waals surface area contributed by atoms with Crippen LogP contribution < -0.4 is 5.32 Å². The highest BCUT2D eigenvalue weighted by molar-refractivity contribution is 5.98. The molecule has 1 N–H and O–H groups in total. The Balaban J connectivity index is 1.43. The van der Waals surface area contributed by atoms with Gasteiger partial charge in [-0.2, -0.15) is 5.10 Å². The minimum atomic E-state index is 0.0814. The average molecular weight is 369 g/mol. The van der Waals surface area contributed by atoms with Crippen molar-refractivity contribution in [2.45, 2.75) is 19.5 Å². The van der Waals surface area contributed by atoms with Crippen LogP contribution in [0, 0.1) is 0 Å². The molecule has 138 valence electrons. The molecule has 0 spiro atoms. The van der Waals surface area contributed by atoms with Gasteiger partial charge in [-0.1, -0.05) is 12.1 Å². The van der Waals surface area contributed by atoms with E-state index >= 15 is 0 Å². The molecule has 0 bridgehead atoms. The average Bonchev–Trinajstić information content (AvgIpc) is 3.35. The zero-order valence-electron chi connectivity index (χ0n) is 15.5. The molecular weight excluding hydrogens is 350 g/mol. The predicted molar refractivity (Wildman–Crippen MR) is 107 cm³/mol. The first kappa shape index (κ1) is 16.8. The number of benzene rings is 1. The number of fused-ring (bicyclic) bond motifs is 2. The standard InChI is InChI=1S/C22H19N5O/c1-27-13-19(11-26-27)18-5-16-6-20(24-12-21(16)25-10-18)7-22(28)14-2-3-15-8-23-9-17(15)4-14/h2-6,10-13,23H,7-9H2,1H3. The number of ketones is 1. The summed E-state index contributed by atoms with van der Waals surface area (Å²) in [5.74, 6) is 0.0814. The van der Waals surface area contributed by atoms with Crippen molar-refractivity contribution in [2.75, 3.05) is 0 Å². The lowest BCUT2D eigenvalue weighted by Crippen LogP contribution is -2.06. The monoisotopic (exact) mass is 369 g/mol. The number of carbonyl (C=O) groups excluding carboxylic acids is 1. The number of carbonyl (C=O) groups is 1. The first-order chi connectivity index (χ1) is 13.7. The summed E-state index contributed by atoms with van der Waals surface area (Å²) < 4.78 is 1.77. The van der Waals surface area contributed by atoms with Gasteiger partial charge in [-0.05, 0) is 29.3 Å². The summed E-state index contributed by atoms with van der Waals surface area (Å²) in [6, 6.07) is 9.98. The summed E-state index contributed by atoms with van der Waals surface area (Å²) in [5.41, 5.74) is 6.80. The van der Waals surface area contributed by atoms with Crippen LogP contribution in [0.3, 0.4) is 0 Å². The van der Waals surface area contributed by atoms with E-state index in [4.69, 9.17) is 0 Å². The molecule has 28 heavy (non-hydrogen) atoms. The van der Waals surface area contributed by atoms with Crippen molar-refractivity contribution in [3.05, 3.63) is 77.5 Å². The van der Waals surface area contributed by atoms with E-state index in [9.17, 15) is 4.79 Å². The molecule has 4 heterocycles. The van der Waals surface area contributed by atoms with E-state index in [-0.39, 0.29) is 12.2 Å². The minimum absolute atomic E-state index is 0.0814. The molecule has 3 aromatic heterocycles. The zero-order chi connectivity index (χ0) is 19.1. The third-order valence-corrected chi connectivity index (χ3v) is 5.16. The van der Waals surface area contributed by atoms with Gasteiger partial charge in [0, 0.05) is 60.3 Å². The van der Waals surface area contributed by atoms with Gasteiger partial charge in [-0.3, -0.25) is 19.4 Å². The molecule has 0 aliphatic carbocycles. The van der Waals surface area contributed by atoms with Crippen LogP contribution in [0.25, 0.3) is 22.0 Å². The van der Waals surface area contributed by atoms with Crippen LogP contribution >= 0.6 is 0 Å². The second kappa shape index (κ2) is 6.65. The molecule has 0 atom stereocenters. The maximum atomic E-state index is 12.8. The Hall–Kier alpha value is -3.38. The molecular formula is C22H19N5O. The Morgan fingerprint density at radius 1 is 1.04 bits per heavy atom. The second-order valence-corrected chi connectivity index (χ2v) is 7.18. The van der Waals surface area contributed by atoms with Crippen molar-refractivity contribution >= 4 is 16.7 Å². The highest BCUT2D eigenvalue weighted by Crippen LogP contribution is 2.23. The van der Waals surface area contributed by atoms with Gasteiger partial charge in [0.15, 0.2) is 5.78 Å². The van der Waals surface area contributed by atoms with Crippen molar-refractivity contribution in [1.29, 1.82) is 0 Å². The largest absolute Gasteiger partial charge is 0.309 e. The van der Waals surface area contributed by atoms with E-state index in [0.29, 0.717) is 0 Å². The lowest BCUT2D eigenvalue weighted by molar-refractivity contribution is 0.0992. The summed E-state index contributed by atoms with van der Waals surface area (Å²) >= 11 is 0. The van der Waals surface area contributed by atoms with Crippen molar-refractivity contribution in [1.82, 2.24) is 25.1 Å². The van der Waals surface area contributed by atoms with Gasteiger partial charge in [-0.25, -0.2) is 0 Å². The highest BCUT2D eigenvalue weighted by atomic mass is 16.1. The van der Waals surface area contributed by atoms with Gasteiger partial charge in [0.1, 0.15) is 0 Å². The maximum Gasteiger partial charge on any atom is 0.168 e. The molecule has 5 rings (SSSR count). The zero-order valence-corrected chi connectivity index (χ0v) is 15.5. The third kappa shape index (κ3) is 3.08. The first-order valence-electron chi connectivity index (χ1n) is 9.25. The normalized spacial score (nSPS) is 13.0. The topological polar surface area (TPSA) is 72.7 Å². The van der Waals surface area contributed by atoms with Gasteiger partial charge in [0.05, 0.1) is 24.3 Å². The molecule has 0 amide bonds. The second-order valence-electron chi connectivity index (χ2n) is 7.18. The van der Waals surface area contributed by atoms with Crippen molar-refractivity contribution in [3.8, 4) is 11.1 Å². The van der Waals surface area contributed by atoms with Crippen LogP contribution in [-0.4, -0.2) is 25.5 Å². The number of nitrogens with one attached hydrogen (secondary N) is 1. The number of nitrogens with zero attached hydrogens (tertiary/aromatic N) is 4. The molecule has 0 fully saturated rings. The van der Waals surface area contributed by atoms with Gasteiger partial charge in [0.25, 0.3) is 0 Å². The number of hydrogen-bond acceptors (Lipinski definition) is 5. The summed E-state index contributed by atoms with van der Waals surface area (Å²) in [6.07, 6.45) is 7.61. The summed E-state index contributed by atoms with van der Waals surface area (Å²) in [7, 11) is 1.89. The molecule has 1 aliphatic heterocycles. The Kier molecular flexibility index (Phi) is 3.98. The van der Waals surface area contributed by atoms with E-state index in [1.807, 2.05) is 49.9 Å². The van der Waals surface area contributed by atoms with E-state index in [1.165, 1.54) is 11.1 Å². The predicted octanol–water partition coefficient (Wildman–Crippen LogP) is 3.06. The fraction of sp³-hybridized carbons (Fsp3) is 0.182. The Labute approximate surface area is 162 Å². The molecule has 6 nitrogen and oxygen atoms in total. The maximum absolute atomic E-state index is 12.8. The first-order valence-corrected chi connectivity index (χ1v) is 9.25. The van der Waals surface area contributed by atoms with E-state index < -0.39 is 0 Å². The fourth-order valence-corrected chi connectivity index (χ4v) is 3.64. The van der Waals surface area contributed by atoms with Crippen LogP contribution in [0.2, 0.25) is 0 Å². The van der Waals surface area contributed by atoms with Crippen LogP contribution in [0.1, 0.15) is 27.2 Å². The molecule has 1 aliphatic rings. The quantitative estimate of drug-likeness (QED) is 0.560. The lowest BCUT2D eigenvalue weighted by Gasteiger charge is -2.06. The third-order valence-electron chi connectivity index (χ3n) is 5.16. The van der Waals surface area contributed by atoms with Crippen LogP contribution in [-0.2, 0) is 26.6 Å². The number of pyridine rings is 2. The van der Waals surface area contributed by atoms with Gasteiger partial charge < -0.3 is 5.32 Å². The number of rotatable bonds is 4. The Bertz CT molecular complexity index is 1210. The van der Waals surface area contributed by atoms with Crippen LogP contribution in [0.4, 0.5) is 0 Å². The summed E-state index contributed by atoms with van der Waals surface area (Å²) in [4.78, 5) is 21.7. The Morgan fingerprint density at radius 2 is 1.93 bits per heavy atom. The molecule has 0 unspecified atom stereocenters. The van der Waals surface area contributed by atoms with Gasteiger partial charge >= 0.3 is 0 Å². The molecule has 1 aromatic carbocycles. The number of aryl methyl sites for hydroxylation is 1. The van der Waals surface area contributed by atoms with E-state index in [1.54, 1.807) is 10.9 Å². The number of hydrogen-bond donors (Lipinski definition) is 1. The van der Waals surface area contributed by atoms with Gasteiger partial charge in [-0.15, -0.1) is 0 Å². The molecule has 4 aromatic rings. The van der Waals surface area contributed by atoms with E-state index in [2.05, 4.69) is 26.4 Å². The smallest absolute Gasteiger partial charge is 0.168 e. The Morgan fingerprint density at radius 3 is 2.79 bits per heavy atom. The van der Waals surface area contributed by atoms with Crippen molar-refractivity contribution < 1.29 is 4.79 Å². The summed E-state index contributed by atoms with van der Waals surface area (Å²) in [6.45, 7) is 1.70. The molecule has 6 heteroatoms. The SMILES string of the molecule is Cn1cc(-c2cnc3cnc(CC(=O)c4ccc5c(c4)CNC5)cc3c2)cn1. The number of aromatic nitrogens is 4. The van der Waals surface area contributed by atoms with Crippen molar-refractivity contribution in [2.24, 2.45) is 7.05 Å².